The van der Waals surface area contributed by atoms with E-state index in [0.29, 0.717) is 6.61 Å². The second-order valence-corrected chi connectivity index (χ2v) is 3.68. The number of aryl methyl sites for hydroxylation is 1. The highest BCUT2D eigenvalue weighted by molar-refractivity contribution is 9.10. The normalized spacial score (nSPS) is 9.93. The third-order valence-corrected chi connectivity index (χ3v) is 2.55. The van der Waals surface area contributed by atoms with Crippen LogP contribution >= 0.6 is 15.9 Å². The number of hydrogen-bond donors (Lipinski definition) is 0. The van der Waals surface area contributed by atoms with Gasteiger partial charge in [0.1, 0.15) is 4.60 Å². The lowest BCUT2D eigenvalue weighted by atomic mass is 10.2. The van der Waals surface area contributed by atoms with Crippen LogP contribution in [0.25, 0.3) is 0 Å². The van der Waals surface area contributed by atoms with Gasteiger partial charge in [0.05, 0.1) is 13.0 Å². The predicted octanol–water partition coefficient (Wildman–Crippen LogP) is 2.26. The molecule has 0 N–H and O–H groups in total. The van der Waals surface area contributed by atoms with E-state index in [1.807, 2.05) is 13.0 Å². The molecule has 0 aromatic carbocycles. The SMILES string of the molecule is CCOC(=O)Cc1cnc(Br)c(C)c1. The summed E-state index contributed by atoms with van der Waals surface area (Å²) in [5.41, 5.74) is 1.90. The molecule has 0 amide bonds. The summed E-state index contributed by atoms with van der Waals surface area (Å²) in [5.74, 6) is -0.212. The molecule has 0 aliphatic rings. The van der Waals surface area contributed by atoms with Crippen LogP contribution in [0, 0.1) is 6.92 Å². The van der Waals surface area contributed by atoms with Crippen LogP contribution in [-0.4, -0.2) is 17.6 Å². The molecule has 4 heteroatoms. The molecule has 0 spiro atoms. The minimum absolute atomic E-state index is 0.212. The molecule has 1 aromatic heterocycles. The summed E-state index contributed by atoms with van der Waals surface area (Å²) in [7, 11) is 0. The van der Waals surface area contributed by atoms with Gasteiger partial charge in [-0.1, -0.05) is 6.07 Å². The molecular weight excluding hydrogens is 246 g/mol. The van der Waals surface area contributed by atoms with Crippen molar-refractivity contribution in [3.05, 3.63) is 28.0 Å². The lowest BCUT2D eigenvalue weighted by Gasteiger charge is -2.03. The highest BCUT2D eigenvalue weighted by Gasteiger charge is 2.05. The number of rotatable bonds is 3. The Bertz CT molecular complexity index is 339. The van der Waals surface area contributed by atoms with Crippen molar-refractivity contribution in [1.82, 2.24) is 4.98 Å². The zero-order valence-electron chi connectivity index (χ0n) is 8.21. The van der Waals surface area contributed by atoms with Gasteiger partial charge in [-0.25, -0.2) is 4.98 Å². The number of nitrogens with zero attached hydrogens (tertiary/aromatic N) is 1. The minimum atomic E-state index is -0.212. The Morgan fingerprint density at radius 1 is 1.64 bits per heavy atom. The fourth-order valence-corrected chi connectivity index (χ4v) is 1.31. The van der Waals surface area contributed by atoms with E-state index in [4.69, 9.17) is 4.74 Å². The average molecular weight is 258 g/mol. The van der Waals surface area contributed by atoms with Crippen molar-refractivity contribution in [1.29, 1.82) is 0 Å². The van der Waals surface area contributed by atoms with E-state index in [1.54, 1.807) is 13.1 Å². The van der Waals surface area contributed by atoms with Crippen LogP contribution in [-0.2, 0) is 16.0 Å². The number of hydrogen-bond acceptors (Lipinski definition) is 3. The van der Waals surface area contributed by atoms with Gasteiger partial charge in [0.25, 0.3) is 0 Å². The summed E-state index contributed by atoms with van der Waals surface area (Å²) >= 11 is 3.30. The molecule has 0 fully saturated rings. The number of ether oxygens (including phenoxy) is 1. The standard InChI is InChI=1S/C10H12BrNO2/c1-3-14-9(13)5-8-4-7(2)10(11)12-6-8/h4,6H,3,5H2,1-2H3. The quantitative estimate of drug-likeness (QED) is 0.616. The van der Waals surface area contributed by atoms with Gasteiger partial charge in [-0.3, -0.25) is 4.79 Å². The maximum absolute atomic E-state index is 11.1. The van der Waals surface area contributed by atoms with Gasteiger partial charge in [-0.15, -0.1) is 0 Å². The second-order valence-electron chi connectivity index (χ2n) is 2.93. The number of halogens is 1. The first-order valence-electron chi connectivity index (χ1n) is 4.40. The van der Waals surface area contributed by atoms with Crippen LogP contribution in [0.5, 0.6) is 0 Å². The molecular formula is C10H12BrNO2. The van der Waals surface area contributed by atoms with Gasteiger partial charge >= 0.3 is 5.97 Å². The Hall–Kier alpha value is -0.900. The summed E-state index contributed by atoms with van der Waals surface area (Å²) in [6.45, 7) is 4.15. The van der Waals surface area contributed by atoms with Gasteiger partial charge in [0.15, 0.2) is 0 Å². The first-order valence-corrected chi connectivity index (χ1v) is 5.19. The van der Waals surface area contributed by atoms with Crippen LogP contribution in [0.1, 0.15) is 18.1 Å². The first-order chi connectivity index (χ1) is 6.63. The van der Waals surface area contributed by atoms with E-state index >= 15 is 0 Å². The minimum Gasteiger partial charge on any atom is -0.466 e. The van der Waals surface area contributed by atoms with Crippen molar-refractivity contribution in [3.63, 3.8) is 0 Å². The zero-order chi connectivity index (χ0) is 10.6. The summed E-state index contributed by atoms with van der Waals surface area (Å²) in [4.78, 5) is 15.2. The maximum atomic E-state index is 11.1. The molecule has 0 unspecified atom stereocenters. The summed E-state index contributed by atoms with van der Waals surface area (Å²) in [5, 5.41) is 0. The molecule has 1 heterocycles. The summed E-state index contributed by atoms with van der Waals surface area (Å²) in [6.07, 6.45) is 1.96. The van der Waals surface area contributed by atoms with Crippen LogP contribution in [0.3, 0.4) is 0 Å². The second kappa shape index (κ2) is 5.10. The topological polar surface area (TPSA) is 39.2 Å². The summed E-state index contributed by atoms with van der Waals surface area (Å²) in [6, 6.07) is 1.92. The van der Waals surface area contributed by atoms with E-state index in [9.17, 15) is 4.79 Å². The Labute approximate surface area is 91.6 Å². The van der Waals surface area contributed by atoms with Crippen molar-refractivity contribution in [2.45, 2.75) is 20.3 Å². The summed E-state index contributed by atoms with van der Waals surface area (Å²) < 4.78 is 5.65. The van der Waals surface area contributed by atoms with E-state index in [-0.39, 0.29) is 12.4 Å². The zero-order valence-corrected chi connectivity index (χ0v) is 9.80. The van der Waals surface area contributed by atoms with Gasteiger partial charge in [-0.05, 0) is 40.9 Å². The molecule has 3 nitrogen and oxygen atoms in total. The van der Waals surface area contributed by atoms with Crippen molar-refractivity contribution in [2.75, 3.05) is 6.61 Å². The number of carbonyl (C=O) groups is 1. The Kier molecular flexibility index (Phi) is 4.07. The van der Waals surface area contributed by atoms with Crippen molar-refractivity contribution in [2.24, 2.45) is 0 Å². The highest BCUT2D eigenvalue weighted by Crippen LogP contribution is 2.14. The fraction of sp³-hybridized carbons (Fsp3) is 0.400. The maximum Gasteiger partial charge on any atom is 0.310 e. The monoisotopic (exact) mass is 257 g/mol. The number of pyridine rings is 1. The molecule has 76 valence electrons. The third-order valence-electron chi connectivity index (χ3n) is 1.72. The average Bonchev–Trinajstić information content (AvgIpc) is 2.12. The largest absolute Gasteiger partial charge is 0.466 e. The van der Waals surface area contributed by atoms with Crippen LogP contribution in [0.4, 0.5) is 0 Å². The van der Waals surface area contributed by atoms with Crippen LogP contribution < -0.4 is 0 Å². The predicted molar refractivity (Wildman–Crippen MR) is 57.0 cm³/mol. The van der Waals surface area contributed by atoms with E-state index < -0.39 is 0 Å². The molecule has 14 heavy (non-hydrogen) atoms. The lowest BCUT2D eigenvalue weighted by Crippen LogP contribution is -2.07. The molecule has 1 aromatic rings. The molecule has 1 rings (SSSR count). The Balaban J connectivity index is 2.68. The third kappa shape index (κ3) is 3.10. The molecule has 0 saturated carbocycles. The van der Waals surface area contributed by atoms with E-state index in [1.165, 1.54) is 0 Å². The molecule has 0 saturated heterocycles. The molecule has 0 bridgehead atoms. The first kappa shape index (κ1) is 11.2. The smallest absolute Gasteiger partial charge is 0.310 e. The molecule has 0 aliphatic carbocycles. The number of esters is 1. The Morgan fingerprint density at radius 3 is 2.93 bits per heavy atom. The van der Waals surface area contributed by atoms with Crippen molar-refractivity contribution in [3.8, 4) is 0 Å². The van der Waals surface area contributed by atoms with Gasteiger partial charge < -0.3 is 4.74 Å². The van der Waals surface area contributed by atoms with E-state index in [2.05, 4.69) is 20.9 Å². The molecule has 0 atom stereocenters. The highest BCUT2D eigenvalue weighted by atomic mass is 79.9. The van der Waals surface area contributed by atoms with Gasteiger partial charge in [0.2, 0.25) is 0 Å². The fourth-order valence-electron chi connectivity index (χ4n) is 1.09. The van der Waals surface area contributed by atoms with E-state index in [0.717, 1.165) is 15.7 Å². The number of aromatic nitrogens is 1. The van der Waals surface area contributed by atoms with Crippen molar-refractivity contribution < 1.29 is 9.53 Å². The van der Waals surface area contributed by atoms with Crippen LogP contribution in [0.2, 0.25) is 0 Å². The molecule has 0 aliphatic heterocycles. The Morgan fingerprint density at radius 2 is 2.36 bits per heavy atom. The number of carbonyl (C=O) groups excluding carboxylic acids is 1. The van der Waals surface area contributed by atoms with Crippen LogP contribution in [0.15, 0.2) is 16.9 Å². The van der Waals surface area contributed by atoms with Gasteiger partial charge in [-0.2, -0.15) is 0 Å². The van der Waals surface area contributed by atoms with Crippen molar-refractivity contribution >= 4 is 21.9 Å². The lowest BCUT2D eigenvalue weighted by molar-refractivity contribution is -0.142. The molecule has 0 radical (unpaired) electrons. The van der Waals surface area contributed by atoms with Gasteiger partial charge in [0, 0.05) is 6.20 Å².